The summed E-state index contributed by atoms with van der Waals surface area (Å²) in [6, 6.07) is 8.06. The summed E-state index contributed by atoms with van der Waals surface area (Å²) in [6.07, 6.45) is 6.91. The Morgan fingerprint density at radius 1 is 1.25 bits per heavy atom. The van der Waals surface area contributed by atoms with Gasteiger partial charge in [0.05, 0.1) is 6.10 Å². The molecule has 1 aromatic rings. The summed E-state index contributed by atoms with van der Waals surface area (Å²) in [7, 11) is 0. The van der Waals surface area contributed by atoms with Crippen molar-refractivity contribution >= 4 is 5.91 Å². The fraction of sp³-hybridized carbons (Fsp3) is 0.650. The fourth-order valence-electron chi connectivity index (χ4n) is 3.57. The zero-order chi connectivity index (χ0) is 16.8. The van der Waals surface area contributed by atoms with Gasteiger partial charge in [-0.2, -0.15) is 0 Å². The molecule has 1 aliphatic carbocycles. The highest BCUT2D eigenvalue weighted by atomic mass is 16.5. The molecule has 4 heteroatoms. The van der Waals surface area contributed by atoms with E-state index in [-0.39, 0.29) is 5.91 Å². The largest absolute Gasteiger partial charge is 0.490 e. The van der Waals surface area contributed by atoms with E-state index < -0.39 is 0 Å². The lowest BCUT2D eigenvalue weighted by atomic mass is 9.84. The van der Waals surface area contributed by atoms with Gasteiger partial charge in [-0.15, -0.1) is 0 Å². The minimum absolute atomic E-state index is 0.152. The predicted molar refractivity (Wildman–Crippen MR) is 95.9 cm³/mol. The van der Waals surface area contributed by atoms with Crippen LogP contribution in [0.4, 0.5) is 0 Å². The SMILES string of the molecule is CC(CC(=O)NCc1ccccc1OC1CCC1)C1CCNCC1. The van der Waals surface area contributed by atoms with Crippen LogP contribution in [-0.4, -0.2) is 25.1 Å². The molecule has 0 radical (unpaired) electrons. The van der Waals surface area contributed by atoms with Crippen molar-refractivity contribution in [3.63, 3.8) is 0 Å². The van der Waals surface area contributed by atoms with Gasteiger partial charge < -0.3 is 15.4 Å². The zero-order valence-corrected chi connectivity index (χ0v) is 14.7. The third-order valence-corrected chi connectivity index (χ3v) is 5.49. The van der Waals surface area contributed by atoms with Gasteiger partial charge in [0.15, 0.2) is 0 Å². The van der Waals surface area contributed by atoms with E-state index in [1.807, 2.05) is 24.3 Å². The van der Waals surface area contributed by atoms with Gasteiger partial charge in [0, 0.05) is 18.5 Å². The normalized spacial score (nSPS) is 20.2. The number of amides is 1. The summed E-state index contributed by atoms with van der Waals surface area (Å²) >= 11 is 0. The third-order valence-electron chi connectivity index (χ3n) is 5.49. The lowest BCUT2D eigenvalue weighted by Gasteiger charge is -2.28. The van der Waals surface area contributed by atoms with Crippen LogP contribution < -0.4 is 15.4 Å². The second-order valence-corrected chi connectivity index (χ2v) is 7.32. The van der Waals surface area contributed by atoms with Crippen LogP contribution in [0.5, 0.6) is 5.75 Å². The molecule has 2 aliphatic rings. The van der Waals surface area contributed by atoms with Crippen molar-refractivity contribution in [1.29, 1.82) is 0 Å². The van der Waals surface area contributed by atoms with Crippen LogP contribution in [0.25, 0.3) is 0 Å². The Morgan fingerprint density at radius 3 is 2.71 bits per heavy atom. The Kier molecular flexibility index (Phi) is 6.13. The smallest absolute Gasteiger partial charge is 0.220 e. The number of carbonyl (C=O) groups is 1. The van der Waals surface area contributed by atoms with Crippen molar-refractivity contribution in [1.82, 2.24) is 10.6 Å². The molecule has 4 nitrogen and oxygen atoms in total. The number of nitrogens with one attached hydrogen (secondary N) is 2. The summed E-state index contributed by atoms with van der Waals surface area (Å²) in [6.45, 7) is 4.94. The molecule has 0 bridgehead atoms. The van der Waals surface area contributed by atoms with Crippen LogP contribution in [0.1, 0.15) is 51.0 Å². The van der Waals surface area contributed by atoms with E-state index in [0.29, 0.717) is 30.9 Å². The van der Waals surface area contributed by atoms with E-state index in [0.717, 1.165) is 37.2 Å². The van der Waals surface area contributed by atoms with E-state index in [2.05, 4.69) is 17.6 Å². The lowest BCUT2D eigenvalue weighted by Crippen LogP contribution is -2.33. The monoisotopic (exact) mass is 330 g/mol. The number of piperidine rings is 1. The first-order chi connectivity index (χ1) is 11.7. The molecule has 1 aliphatic heterocycles. The minimum atomic E-state index is 0.152. The summed E-state index contributed by atoms with van der Waals surface area (Å²) in [5.41, 5.74) is 1.08. The first-order valence-electron chi connectivity index (χ1n) is 9.44. The zero-order valence-electron chi connectivity index (χ0n) is 14.7. The maximum Gasteiger partial charge on any atom is 0.220 e. The molecule has 2 fully saturated rings. The van der Waals surface area contributed by atoms with Gasteiger partial charge in [0.2, 0.25) is 5.91 Å². The van der Waals surface area contributed by atoms with Crippen LogP contribution >= 0.6 is 0 Å². The van der Waals surface area contributed by atoms with E-state index >= 15 is 0 Å². The Bertz CT molecular complexity index is 536. The molecule has 1 saturated carbocycles. The number of carbonyl (C=O) groups excluding carboxylic acids is 1. The van der Waals surface area contributed by atoms with Gasteiger partial charge in [-0.05, 0) is 63.1 Å². The summed E-state index contributed by atoms with van der Waals surface area (Å²) in [5, 5.41) is 6.47. The van der Waals surface area contributed by atoms with Crippen molar-refractivity contribution in [3.8, 4) is 5.75 Å². The molecule has 1 saturated heterocycles. The second kappa shape index (κ2) is 8.52. The van der Waals surface area contributed by atoms with Crippen LogP contribution in [0, 0.1) is 11.8 Å². The van der Waals surface area contributed by atoms with Gasteiger partial charge in [-0.25, -0.2) is 0 Å². The fourth-order valence-corrected chi connectivity index (χ4v) is 3.57. The van der Waals surface area contributed by atoms with E-state index in [9.17, 15) is 4.79 Å². The van der Waals surface area contributed by atoms with Crippen molar-refractivity contribution < 1.29 is 9.53 Å². The van der Waals surface area contributed by atoms with Gasteiger partial charge in [-0.1, -0.05) is 25.1 Å². The van der Waals surface area contributed by atoms with E-state index in [4.69, 9.17) is 4.74 Å². The van der Waals surface area contributed by atoms with Crippen molar-refractivity contribution in [2.75, 3.05) is 13.1 Å². The lowest BCUT2D eigenvalue weighted by molar-refractivity contribution is -0.122. The molecule has 1 heterocycles. The Hall–Kier alpha value is -1.55. The standard InChI is InChI=1S/C20H30N2O2/c1-15(16-9-11-21-12-10-16)13-20(23)22-14-17-5-2-3-8-19(17)24-18-6-4-7-18/h2-3,5,8,15-16,18,21H,4,6-7,9-14H2,1H3,(H,22,23). The van der Waals surface area contributed by atoms with Gasteiger partial charge >= 0.3 is 0 Å². The van der Waals surface area contributed by atoms with Crippen molar-refractivity contribution in [2.45, 2.75) is 58.1 Å². The molecule has 1 amide bonds. The first-order valence-corrected chi connectivity index (χ1v) is 9.44. The van der Waals surface area contributed by atoms with Crippen LogP contribution in [0.15, 0.2) is 24.3 Å². The molecule has 24 heavy (non-hydrogen) atoms. The molecule has 1 aromatic carbocycles. The number of hydrogen-bond acceptors (Lipinski definition) is 3. The van der Waals surface area contributed by atoms with Crippen LogP contribution in [0.2, 0.25) is 0 Å². The molecule has 1 atom stereocenters. The molecule has 2 N–H and O–H groups in total. The summed E-state index contributed by atoms with van der Waals surface area (Å²) in [4.78, 5) is 12.3. The predicted octanol–water partition coefficient (Wildman–Crippen LogP) is 3.26. The average Bonchev–Trinajstić information content (AvgIpc) is 2.58. The molecule has 132 valence electrons. The Balaban J connectivity index is 1.47. The highest BCUT2D eigenvalue weighted by molar-refractivity contribution is 5.76. The quantitative estimate of drug-likeness (QED) is 0.807. The Morgan fingerprint density at radius 2 is 2.00 bits per heavy atom. The van der Waals surface area contributed by atoms with Crippen molar-refractivity contribution in [3.05, 3.63) is 29.8 Å². The molecular weight excluding hydrogens is 300 g/mol. The number of benzene rings is 1. The number of hydrogen-bond donors (Lipinski definition) is 2. The van der Waals surface area contributed by atoms with Crippen molar-refractivity contribution in [2.24, 2.45) is 11.8 Å². The van der Waals surface area contributed by atoms with E-state index in [1.54, 1.807) is 0 Å². The second-order valence-electron chi connectivity index (χ2n) is 7.32. The van der Waals surface area contributed by atoms with Gasteiger partial charge in [0.1, 0.15) is 5.75 Å². The molecule has 0 spiro atoms. The number of rotatable bonds is 7. The summed E-state index contributed by atoms with van der Waals surface area (Å²) in [5.74, 6) is 2.20. The van der Waals surface area contributed by atoms with E-state index in [1.165, 1.54) is 19.3 Å². The number of para-hydroxylation sites is 1. The molecule has 1 unspecified atom stereocenters. The maximum absolute atomic E-state index is 12.3. The van der Waals surface area contributed by atoms with Crippen LogP contribution in [0.3, 0.4) is 0 Å². The van der Waals surface area contributed by atoms with Gasteiger partial charge in [0.25, 0.3) is 0 Å². The van der Waals surface area contributed by atoms with Gasteiger partial charge in [-0.3, -0.25) is 4.79 Å². The molecule has 3 rings (SSSR count). The first kappa shape index (κ1) is 17.3. The number of ether oxygens (including phenoxy) is 1. The highest BCUT2D eigenvalue weighted by Gasteiger charge is 2.22. The molecule has 0 aromatic heterocycles. The summed E-state index contributed by atoms with van der Waals surface area (Å²) < 4.78 is 6.03. The highest BCUT2D eigenvalue weighted by Crippen LogP contribution is 2.28. The average molecular weight is 330 g/mol. The topological polar surface area (TPSA) is 50.4 Å². The molecular formula is C20H30N2O2. The Labute approximate surface area is 145 Å². The third kappa shape index (κ3) is 4.73. The minimum Gasteiger partial charge on any atom is -0.490 e. The van der Waals surface area contributed by atoms with Crippen LogP contribution in [-0.2, 0) is 11.3 Å². The maximum atomic E-state index is 12.3.